The van der Waals surface area contributed by atoms with Crippen molar-refractivity contribution < 1.29 is 49.0 Å². The maximum Gasteiger partial charge on any atom is 0.573 e. The monoisotopic (exact) mass is 594 g/mol. The largest absolute Gasteiger partial charge is 0.573 e. The highest BCUT2D eigenvalue weighted by Gasteiger charge is 2.46. The van der Waals surface area contributed by atoms with E-state index in [1.54, 1.807) is 0 Å². The molecule has 2 aromatic carbocycles. The van der Waals surface area contributed by atoms with Crippen molar-refractivity contribution in [2.45, 2.75) is 62.8 Å². The Morgan fingerprint density at radius 3 is 2.22 bits per heavy atom. The number of anilines is 1. The minimum absolute atomic E-state index is 0.0310. The first kappa shape index (κ1) is 30.2. The predicted molar refractivity (Wildman–Crippen MR) is 130 cm³/mol. The average molecular weight is 594 g/mol. The van der Waals surface area contributed by atoms with Crippen molar-refractivity contribution >= 4 is 17.3 Å². The van der Waals surface area contributed by atoms with Crippen LogP contribution in [0.3, 0.4) is 0 Å². The number of carbonyl (C=O) groups is 1. The molecular weight excluding hydrogens is 571 g/mol. The molecule has 2 heterocycles. The maximum atomic E-state index is 13.6. The molecule has 0 aromatic heterocycles. The molecule has 0 saturated carbocycles. The van der Waals surface area contributed by atoms with E-state index in [1.165, 1.54) is 32.1 Å². The summed E-state index contributed by atoms with van der Waals surface area (Å²) < 4.78 is 122. The van der Waals surface area contributed by atoms with E-state index in [0.717, 1.165) is 47.5 Å². The Morgan fingerprint density at radius 1 is 0.976 bits per heavy atom. The number of nitrogens with one attached hydrogen (secondary N) is 2. The molecule has 4 rings (SSSR count). The lowest BCUT2D eigenvalue weighted by atomic mass is 9.94. The van der Waals surface area contributed by atoms with Crippen LogP contribution in [-0.2, 0) is 11.0 Å². The van der Waals surface area contributed by atoms with Gasteiger partial charge in [-0.25, -0.2) is 0 Å². The third-order valence-electron chi connectivity index (χ3n) is 6.50. The van der Waals surface area contributed by atoms with E-state index in [0.29, 0.717) is 0 Å². The fourth-order valence-electron chi connectivity index (χ4n) is 4.68. The SMILES string of the molecule is CC(C)(N[C@@H]1C[C@H](c2cccc(OC(F)(F)F)c2)N(c2ccc(C(F)(F)F)cc2)C1=O)C1=NC(C(F)(F)F)NC=C1. The lowest BCUT2D eigenvalue weighted by Crippen LogP contribution is -2.55. The number of hydrogen-bond acceptors (Lipinski definition) is 5. The van der Waals surface area contributed by atoms with Gasteiger partial charge in [0.05, 0.1) is 28.9 Å². The van der Waals surface area contributed by atoms with E-state index in [9.17, 15) is 44.3 Å². The number of nitrogens with zero attached hydrogens (tertiary/aromatic N) is 2. The number of amides is 1. The van der Waals surface area contributed by atoms with Gasteiger partial charge in [0.1, 0.15) is 5.75 Å². The van der Waals surface area contributed by atoms with Crippen molar-refractivity contribution in [2.75, 3.05) is 4.90 Å². The molecule has 0 aliphatic carbocycles. The van der Waals surface area contributed by atoms with E-state index in [1.807, 2.05) is 0 Å². The molecule has 0 bridgehead atoms. The molecule has 0 radical (unpaired) electrons. The van der Waals surface area contributed by atoms with E-state index in [-0.39, 0.29) is 23.4 Å². The molecule has 0 spiro atoms. The molecule has 41 heavy (non-hydrogen) atoms. The van der Waals surface area contributed by atoms with Crippen molar-refractivity contribution in [3.05, 3.63) is 71.9 Å². The molecule has 222 valence electrons. The summed E-state index contributed by atoms with van der Waals surface area (Å²) in [6.45, 7) is 2.99. The van der Waals surface area contributed by atoms with Gasteiger partial charge in [0.2, 0.25) is 12.1 Å². The summed E-state index contributed by atoms with van der Waals surface area (Å²) in [5, 5.41) is 5.06. The van der Waals surface area contributed by atoms with Crippen LogP contribution in [0.4, 0.5) is 45.2 Å². The van der Waals surface area contributed by atoms with E-state index >= 15 is 0 Å². The third-order valence-corrected chi connectivity index (χ3v) is 6.50. The molecule has 1 unspecified atom stereocenters. The lowest BCUT2D eigenvalue weighted by Gasteiger charge is -2.32. The Kier molecular flexibility index (Phi) is 7.80. The molecule has 1 fully saturated rings. The van der Waals surface area contributed by atoms with E-state index in [2.05, 4.69) is 20.4 Å². The van der Waals surface area contributed by atoms with Crippen molar-refractivity contribution in [3.8, 4) is 5.75 Å². The Labute approximate surface area is 227 Å². The van der Waals surface area contributed by atoms with Crippen molar-refractivity contribution in [2.24, 2.45) is 4.99 Å². The normalized spacial score (nSPS) is 22.0. The first-order valence-electron chi connectivity index (χ1n) is 12.1. The average Bonchev–Trinajstić information content (AvgIpc) is 3.17. The van der Waals surface area contributed by atoms with Gasteiger partial charge in [0.15, 0.2) is 0 Å². The Bertz CT molecular complexity index is 1330. The third kappa shape index (κ3) is 6.94. The molecule has 2 aliphatic heterocycles. The number of rotatable bonds is 6. The summed E-state index contributed by atoms with van der Waals surface area (Å²) in [5.41, 5.74) is -2.08. The summed E-state index contributed by atoms with van der Waals surface area (Å²) in [6.07, 6.45) is -14.3. The van der Waals surface area contributed by atoms with Crippen LogP contribution < -0.4 is 20.3 Å². The molecule has 1 amide bonds. The zero-order valence-electron chi connectivity index (χ0n) is 21.3. The number of hydrogen-bond donors (Lipinski definition) is 2. The van der Waals surface area contributed by atoms with Gasteiger partial charge < -0.3 is 15.0 Å². The van der Waals surface area contributed by atoms with Crippen LogP contribution in [0.15, 0.2) is 65.8 Å². The summed E-state index contributed by atoms with van der Waals surface area (Å²) in [6, 6.07) is 6.39. The minimum Gasteiger partial charge on any atom is -0.406 e. The minimum atomic E-state index is -5.00. The Balaban J connectivity index is 1.69. The fourth-order valence-corrected chi connectivity index (χ4v) is 4.68. The number of benzene rings is 2. The van der Waals surface area contributed by atoms with E-state index < -0.39 is 59.7 Å². The standard InChI is InChI=1S/C26H23F9N4O2/c1-23(2,20-10-11-36-22(37-20)25(30,31)32)38-18-13-19(14-4-3-5-17(12-14)41-26(33,34)35)39(21(18)40)16-8-6-15(7-9-16)24(27,28)29/h3-12,18-19,22,36,38H,13H2,1-2H3/t18-,19-,22?/m1/s1. The number of alkyl halides is 9. The molecule has 2 N–H and O–H groups in total. The van der Waals surface area contributed by atoms with Gasteiger partial charge in [-0.05, 0) is 68.3 Å². The number of aliphatic imine (C=N–C) groups is 1. The van der Waals surface area contributed by atoms with Gasteiger partial charge >= 0.3 is 18.7 Å². The van der Waals surface area contributed by atoms with Crippen LogP contribution in [-0.4, -0.2) is 41.9 Å². The molecule has 6 nitrogen and oxygen atoms in total. The fraction of sp³-hybridized carbons (Fsp3) is 0.385. The maximum absolute atomic E-state index is 13.6. The number of carbonyl (C=O) groups excluding carboxylic acids is 1. The van der Waals surface area contributed by atoms with Gasteiger partial charge in [-0.15, -0.1) is 13.2 Å². The van der Waals surface area contributed by atoms with Crippen molar-refractivity contribution in [1.29, 1.82) is 0 Å². The van der Waals surface area contributed by atoms with E-state index in [4.69, 9.17) is 0 Å². The first-order valence-corrected chi connectivity index (χ1v) is 12.1. The van der Waals surface area contributed by atoms with Crippen LogP contribution in [0, 0.1) is 0 Å². The lowest BCUT2D eigenvalue weighted by molar-refractivity contribution is -0.274. The van der Waals surface area contributed by atoms with Crippen LogP contribution in [0.1, 0.15) is 37.4 Å². The molecular formula is C26H23F9N4O2. The number of ether oxygens (including phenoxy) is 1. The number of halogens is 9. The quantitative estimate of drug-likeness (QED) is 0.388. The summed E-state index contributed by atoms with van der Waals surface area (Å²) in [5.74, 6) is -1.23. The smallest absolute Gasteiger partial charge is 0.406 e. The molecule has 2 aromatic rings. The van der Waals surface area contributed by atoms with Crippen LogP contribution in [0.5, 0.6) is 5.75 Å². The van der Waals surface area contributed by atoms with Crippen LogP contribution in [0.2, 0.25) is 0 Å². The van der Waals surface area contributed by atoms with Crippen molar-refractivity contribution in [3.63, 3.8) is 0 Å². The highest BCUT2D eigenvalue weighted by atomic mass is 19.4. The second-order valence-electron chi connectivity index (χ2n) is 9.91. The highest BCUT2D eigenvalue weighted by Crippen LogP contribution is 2.40. The molecule has 2 aliphatic rings. The summed E-state index contributed by atoms with van der Waals surface area (Å²) in [7, 11) is 0. The zero-order chi connectivity index (χ0) is 30.4. The molecule has 3 atom stereocenters. The zero-order valence-corrected chi connectivity index (χ0v) is 21.3. The summed E-state index contributed by atoms with van der Waals surface area (Å²) in [4.78, 5) is 18.5. The van der Waals surface area contributed by atoms with Gasteiger partial charge in [-0.2, -0.15) is 26.3 Å². The second-order valence-corrected chi connectivity index (χ2v) is 9.91. The van der Waals surface area contributed by atoms with Crippen LogP contribution in [0.25, 0.3) is 0 Å². The molecule has 1 saturated heterocycles. The Hall–Kier alpha value is -3.75. The molecule has 15 heteroatoms. The first-order chi connectivity index (χ1) is 18.8. The second kappa shape index (κ2) is 10.6. The topological polar surface area (TPSA) is 66.0 Å². The Morgan fingerprint density at radius 2 is 1.63 bits per heavy atom. The van der Waals surface area contributed by atoms with Gasteiger partial charge in [0, 0.05) is 11.9 Å². The van der Waals surface area contributed by atoms with Gasteiger partial charge in [-0.3, -0.25) is 15.1 Å². The van der Waals surface area contributed by atoms with Crippen LogP contribution >= 0.6 is 0 Å². The van der Waals surface area contributed by atoms with Gasteiger partial charge in [-0.1, -0.05) is 12.1 Å². The van der Waals surface area contributed by atoms with Gasteiger partial charge in [0.25, 0.3) is 0 Å². The van der Waals surface area contributed by atoms with Crippen molar-refractivity contribution in [1.82, 2.24) is 10.6 Å². The highest BCUT2D eigenvalue weighted by molar-refractivity contribution is 6.04. The predicted octanol–water partition coefficient (Wildman–Crippen LogP) is 6.27. The summed E-state index contributed by atoms with van der Waals surface area (Å²) >= 11 is 0.